The Bertz CT molecular complexity index is 911. The highest BCUT2D eigenvalue weighted by Crippen LogP contribution is 2.28. The summed E-state index contributed by atoms with van der Waals surface area (Å²) in [5.74, 6) is -2.16. The molecule has 0 radical (unpaired) electrons. The minimum Gasteiger partial charge on any atom is -0.465 e. The highest BCUT2D eigenvalue weighted by atomic mass is 35.5. The topological polar surface area (TPSA) is 97.9 Å². The number of halogens is 2. The second-order valence-electron chi connectivity index (χ2n) is 5.29. The van der Waals surface area contributed by atoms with Crippen molar-refractivity contribution in [1.82, 2.24) is 9.55 Å². The summed E-state index contributed by atoms with van der Waals surface area (Å²) in [5.41, 5.74) is -0.217. The van der Waals surface area contributed by atoms with E-state index in [1.54, 1.807) is 29.4 Å². The Morgan fingerprint density at radius 1 is 1.42 bits per heavy atom. The van der Waals surface area contributed by atoms with Crippen LogP contribution < -0.4 is 5.32 Å². The molecule has 8 nitrogen and oxygen atoms in total. The number of rotatable bonds is 4. The van der Waals surface area contributed by atoms with Gasteiger partial charge in [0.05, 0.1) is 24.1 Å². The van der Waals surface area contributed by atoms with Crippen LogP contribution in [0.4, 0.5) is 10.1 Å². The number of nitrogens with one attached hydrogen (secondary N) is 1. The third-order valence-corrected chi connectivity index (χ3v) is 3.91. The lowest BCUT2D eigenvalue weighted by Crippen LogP contribution is -2.18. The van der Waals surface area contributed by atoms with Gasteiger partial charge in [-0.05, 0) is 18.2 Å². The van der Waals surface area contributed by atoms with Crippen LogP contribution in [-0.4, -0.2) is 28.5 Å². The third kappa shape index (κ3) is 3.62. The molecule has 0 spiro atoms. The van der Waals surface area contributed by atoms with Crippen LogP contribution in [0.3, 0.4) is 0 Å². The number of aromatic nitrogens is 2. The number of ether oxygens (including phenoxy) is 1. The molecule has 1 aliphatic rings. The fourth-order valence-corrected chi connectivity index (χ4v) is 2.65. The van der Waals surface area contributed by atoms with Crippen molar-refractivity contribution < 1.29 is 18.7 Å². The van der Waals surface area contributed by atoms with Crippen molar-refractivity contribution in [3.8, 4) is 0 Å². The van der Waals surface area contributed by atoms with Crippen LogP contribution in [-0.2, 0) is 9.53 Å². The molecule has 0 aliphatic carbocycles. The van der Waals surface area contributed by atoms with Gasteiger partial charge in [-0.25, -0.2) is 14.2 Å². The average Bonchev–Trinajstić information content (AvgIpc) is 3.15. The SMILES string of the molecule is COC(=O)c1c(Cl)cc(F)cc1NC(=O)C1=CCC(n2ccnc2)N=N1. The zero-order chi connectivity index (χ0) is 18.7. The molecule has 0 bridgehead atoms. The fraction of sp³-hybridized carbons (Fsp3) is 0.188. The average molecular weight is 378 g/mol. The maximum atomic E-state index is 13.6. The van der Waals surface area contributed by atoms with Gasteiger partial charge in [-0.3, -0.25) is 4.79 Å². The number of esters is 1. The molecule has 1 amide bonds. The van der Waals surface area contributed by atoms with Crippen LogP contribution in [0.1, 0.15) is 22.9 Å². The molecule has 1 aliphatic heterocycles. The van der Waals surface area contributed by atoms with Crippen molar-refractivity contribution in [2.45, 2.75) is 12.6 Å². The molecular formula is C16H13ClFN5O3. The first-order chi connectivity index (χ1) is 12.5. The molecule has 1 atom stereocenters. The molecule has 1 aromatic carbocycles. The van der Waals surface area contributed by atoms with Gasteiger partial charge >= 0.3 is 5.97 Å². The van der Waals surface area contributed by atoms with E-state index in [0.29, 0.717) is 6.42 Å². The molecular weight excluding hydrogens is 365 g/mol. The Labute approximate surface area is 152 Å². The summed E-state index contributed by atoms with van der Waals surface area (Å²) < 4.78 is 20.0. The highest BCUT2D eigenvalue weighted by molar-refractivity contribution is 6.34. The molecule has 2 aromatic rings. The van der Waals surface area contributed by atoms with Crippen LogP contribution in [0.25, 0.3) is 0 Å². The molecule has 0 saturated carbocycles. The number of amides is 1. The normalized spacial score (nSPS) is 16.1. The Balaban J connectivity index is 1.79. The Kier molecular flexibility index (Phi) is 5.08. The van der Waals surface area contributed by atoms with Crippen LogP contribution >= 0.6 is 11.6 Å². The summed E-state index contributed by atoms with van der Waals surface area (Å²) in [6.07, 6.45) is 6.68. The van der Waals surface area contributed by atoms with E-state index in [1.807, 2.05) is 0 Å². The zero-order valence-corrected chi connectivity index (χ0v) is 14.3. The maximum absolute atomic E-state index is 13.6. The minimum atomic E-state index is -0.801. The number of anilines is 1. The van der Waals surface area contributed by atoms with E-state index < -0.39 is 17.7 Å². The molecule has 2 heterocycles. The van der Waals surface area contributed by atoms with Gasteiger partial charge in [-0.1, -0.05) is 11.6 Å². The fourth-order valence-electron chi connectivity index (χ4n) is 2.37. The third-order valence-electron chi connectivity index (χ3n) is 3.62. The number of benzene rings is 1. The smallest absolute Gasteiger partial charge is 0.341 e. The van der Waals surface area contributed by atoms with Crippen molar-refractivity contribution in [2.75, 3.05) is 12.4 Å². The number of azo groups is 1. The monoisotopic (exact) mass is 377 g/mol. The van der Waals surface area contributed by atoms with Gasteiger partial charge in [-0.2, -0.15) is 5.11 Å². The standard InChI is InChI=1S/C16H13ClFN5O3/c1-26-16(25)14-10(17)6-9(18)7-12(14)20-15(24)11-2-3-13(22-21-11)23-5-4-19-8-23/h2,4-8,13H,3H2,1H3,(H,20,24). The lowest BCUT2D eigenvalue weighted by Gasteiger charge is -2.16. The Morgan fingerprint density at radius 3 is 2.85 bits per heavy atom. The zero-order valence-electron chi connectivity index (χ0n) is 13.5. The number of carbonyl (C=O) groups is 2. The number of nitrogens with zero attached hydrogens (tertiary/aromatic N) is 4. The summed E-state index contributed by atoms with van der Waals surface area (Å²) in [5, 5.41) is 10.2. The summed E-state index contributed by atoms with van der Waals surface area (Å²) in [4.78, 5) is 28.2. The van der Waals surface area contributed by atoms with Gasteiger partial charge in [0.1, 0.15) is 17.1 Å². The first-order valence-corrected chi connectivity index (χ1v) is 7.84. The van der Waals surface area contributed by atoms with Crippen LogP contribution in [0.2, 0.25) is 5.02 Å². The molecule has 10 heteroatoms. The summed E-state index contributed by atoms with van der Waals surface area (Å²) in [6.45, 7) is 0. The second kappa shape index (κ2) is 7.44. The van der Waals surface area contributed by atoms with Crippen LogP contribution in [0, 0.1) is 5.82 Å². The van der Waals surface area contributed by atoms with Gasteiger partial charge < -0.3 is 14.6 Å². The molecule has 3 rings (SSSR count). The first-order valence-electron chi connectivity index (χ1n) is 7.46. The van der Waals surface area contributed by atoms with E-state index in [2.05, 4.69) is 25.3 Å². The predicted octanol–water partition coefficient (Wildman–Crippen LogP) is 3.34. The lowest BCUT2D eigenvalue weighted by atomic mass is 10.1. The van der Waals surface area contributed by atoms with Gasteiger partial charge in [0.25, 0.3) is 5.91 Å². The minimum absolute atomic E-state index is 0.0394. The lowest BCUT2D eigenvalue weighted by molar-refractivity contribution is -0.113. The predicted molar refractivity (Wildman–Crippen MR) is 90.2 cm³/mol. The van der Waals surface area contributed by atoms with E-state index in [1.165, 1.54) is 0 Å². The van der Waals surface area contributed by atoms with E-state index in [9.17, 15) is 14.0 Å². The van der Waals surface area contributed by atoms with Crippen molar-refractivity contribution in [3.05, 3.63) is 59.0 Å². The number of carbonyl (C=O) groups excluding carboxylic acids is 2. The number of methoxy groups -OCH3 is 1. The Morgan fingerprint density at radius 2 is 2.23 bits per heavy atom. The van der Waals surface area contributed by atoms with Crippen molar-refractivity contribution in [2.24, 2.45) is 10.2 Å². The quantitative estimate of drug-likeness (QED) is 0.826. The molecule has 134 valence electrons. The maximum Gasteiger partial charge on any atom is 0.341 e. The van der Waals surface area contributed by atoms with Gasteiger partial charge in [0, 0.05) is 18.8 Å². The molecule has 1 N–H and O–H groups in total. The van der Waals surface area contributed by atoms with Crippen molar-refractivity contribution in [3.63, 3.8) is 0 Å². The van der Waals surface area contributed by atoms with E-state index in [-0.39, 0.29) is 28.1 Å². The van der Waals surface area contributed by atoms with Crippen molar-refractivity contribution >= 4 is 29.2 Å². The molecule has 0 fully saturated rings. The molecule has 26 heavy (non-hydrogen) atoms. The van der Waals surface area contributed by atoms with Gasteiger partial charge in [0.2, 0.25) is 0 Å². The summed E-state index contributed by atoms with van der Waals surface area (Å²) >= 11 is 5.90. The molecule has 0 saturated heterocycles. The van der Waals surface area contributed by atoms with Gasteiger partial charge in [0.15, 0.2) is 6.17 Å². The molecule has 1 unspecified atom stereocenters. The number of hydrogen-bond donors (Lipinski definition) is 1. The second-order valence-corrected chi connectivity index (χ2v) is 5.69. The molecule has 1 aromatic heterocycles. The van der Waals surface area contributed by atoms with Gasteiger partial charge in [-0.15, -0.1) is 5.11 Å². The summed E-state index contributed by atoms with van der Waals surface area (Å²) in [7, 11) is 1.15. The Hall–Kier alpha value is -3.07. The van der Waals surface area contributed by atoms with E-state index >= 15 is 0 Å². The van der Waals surface area contributed by atoms with Crippen LogP contribution in [0.5, 0.6) is 0 Å². The first kappa shape index (κ1) is 17.7. The highest BCUT2D eigenvalue weighted by Gasteiger charge is 2.22. The number of hydrogen-bond acceptors (Lipinski definition) is 6. The largest absolute Gasteiger partial charge is 0.465 e. The van der Waals surface area contributed by atoms with Crippen molar-refractivity contribution in [1.29, 1.82) is 0 Å². The van der Waals surface area contributed by atoms with E-state index in [4.69, 9.17) is 11.6 Å². The summed E-state index contributed by atoms with van der Waals surface area (Å²) in [6, 6.07) is 1.93. The van der Waals surface area contributed by atoms with E-state index in [0.717, 1.165) is 19.2 Å². The number of imidazole rings is 1. The van der Waals surface area contributed by atoms with Crippen LogP contribution in [0.15, 0.2) is 52.9 Å².